The maximum Gasteiger partial charge on any atom is 0.317 e. The normalized spacial score (nSPS) is 17.6. The second-order valence-corrected chi connectivity index (χ2v) is 7.12. The number of methoxy groups -OCH3 is 1. The van der Waals surface area contributed by atoms with Crippen molar-refractivity contribution in [1.82, 2.24) is 10.2 Å². The molecule has 0 aliphatic carbocycles. The second kappa shape index (κ2) is 8.78. The summed E-state index contributed by atoms with van der Waals surface area (Å²) in [5.41, 5.74) is 3.04. The molecule has 1 aliphatic rings. The van der Waals surface area contributed by atoms with Gasteiger partial charge in [0, 0.05) is 18.7 Å². The van der Waals surface area contributed by atoms with E-state index in [9.17, 15) is 14.7 Å². The quantitative estimate of drug-likeness (QED) is 0.821. The van der Waals surface area contributed by atoms with Crippen molar-refractivity contribution < 1.29 is 19.4 Å². The average molecular weight is 382 g/mol. The molecule has 0 bridgehead atoms. The number of carboxylic acids is 1. The molecule has 1 aliphatic heterocycles. The monoisotopic (exact) mass is 382 g/mol. The summed E-state index contributed by atoms with van der Waals surface area (Å²) in [7, 11) is 1.65. The highest BCUT2D eigenvalue weighted by molar-refractivity contribution is 5.77. The number of ether oxygens (including phenoxy) is 1. The minimum Gasteiger partial charge on any atom is -0.496 e. The second-order valence-electron chi connectivity index (χ2n) is 7.12. The summed E-state index contributed by atoms with van der Waals surface area (Å²) in [5, 5.41) is 12.2. The molecule has 6 heteroatoms. The van der Waals surface area contributed by atoms with Crippen LogP contribution in [0.15, 0.2) is 48.5 Å². The van der Waals surface area contributed by atoms with Gasteiger partial charge >= 0.3 is 12.0 Å². The summed E-state index contributed by atoms with van der Waals surface area (Å²) in [6.07, 6.45) is 1.34. The van der Waals surface area contributed by atoms with Gasteiger partial charge in [-0.2, -0.15) is 0 Å². The van der Waals surface area contributed by atoms with Gasteiger partial charge in [0.1, 0.15) is 5.75 Å². The number of rotatable bonds is 5. The molecule has 2 N–H and O–H groups in total. The Morgan fingerprint density at radius 1 is 1.18 bits per heavy atom. The Hall–Kier alpha value is -3.02. The van der Waals surface area contributed by atoms with Gasteiger partial charge in [0.25, 0.3) is 0 Å². The third-order valence-corrected chi connectivity index (χ3v) is 5.23. The van der Waals surface area contributed by atoms with E-state index in [-0.39, 0.29) is 18.6 Å². The van der Waals surface area contributed by atoms with Crippen LogP contribution in [0.3, 0.4) is 0 Å². The number of nitrogens with one attached hydrogen (secondary N) is 1. The molecular weight excluding hydrogens is 356 g/mol. The number of likely N-dealkylation sites (tertiary alicyclic amines) is 1. The topological polar surface area (TPSA) is 78.9 Å². The average Bonchev–Trinajstić information content (AvgIpc) is 2.73. The zero-order chi connectivity index (χ0) is 20.1. The molecule has 2 unspecified atom stereocenters. The molecule has 0 spiro atoms. The first-order chi connectivity index (χ1) is 13.5. The van der Waals surface area contributed by atoms with E-state index in [1.807, 2.05) is 55.5 Å². The molecule has 1 saturated heterocycles. The van der Waals surface area contributed by atoms with Crippen molar-refractivity contribution in [3.63, 3.8) is 0 Å². The van der Waals surface area contributed by atoms with Crippen molar-refractivity contribution in [3.05, 3.63) is 54.1 Å². The van der Waals surface area contributed by atoms with E-state index in [4.69, 9.17) is 4.74 Å². The lowest BCUT2D eigenvalue weighted by molar-refractivity contribution is -0.143. The molecule has 2 aromatic carbocycles. The smallest absolute Gasteiger partial charge is 0.317 e. The van der Waals surface area contributed by atoms with E-state index < -0.39 is 11.9 Å². The van der Waals surface area contributed by atoms with E-state index in [1.165, 1.54) is 0 Å². The van der Waals surface area contributed by atoms with Crippen molar-refractivity contribution >= 4 is 12.0 Å². The van der Waals surface area contributed by atoms with Gasteiger partial charge in [-0.3, -0.25) is 4.79 Å². The first-order valence-electron chi connectivity index (χ1n) is 9.51. The lowest BCUT2D eigenvalue weighted by Crippen LogP contribution is -2.47. The molecule has 0 radical (unpaired) electrons. The highest BCUT2D eigenvalue weighted by Gasteiger charge is 2.28. The Labute approximate surface area is 165 Å². The number of hydrogen-bond donors (Lipinski definition) is 2. The summed E-state index contributed by atoms with van der Waals surface area (Å²) in [6, 6.07) is 15.4. The molecule has 1 fully saturated rings. The van der Waals surface area contributed by atoms with Crippen molar-refractivity contribution in [3.8, 4) is 16.9 Å². The van der Waals surface area contributed by atoms with Crippen LogP contribution in [0.5, 0.6) is 5.75 Å². The van der Waals surface area contributed by atoms with Gasteiger partial charge < -0.3 is 20.1 Å². The molecule has 6 nitrogen and oxygen atoms in total. The van der Waals surface area contributed by atoms with Gasteiger partial charge in [0.2, 0.25) is 0 Å². The highest BCUT2D eigenvalue weighted by Crippen LogP contribution is 2.30. The summed E-state index contributed by atoms with van der Waals surface area (Å²) in [5.74, 6) is -0.498. The summed E-state index contributed by atoms with van der Waals surface area (Å²) >= 11 is 0. The molecular formula is C22H26N2O4. The van der Waals surface area contributed by atoms with Crippen LogP contribution in [-0.4, -0.2) is 42.2 Å². The number of para-hydroxylation sites is 1. The first-order valence-corrected chi connectivity index (χ1v) is 9.51. The Kier molecular flexibility index (Phi) is 6.19. The SMILES string of the molecule is COc1ccccc1-c1ccc(C(C)NC(=O)N2CCCC(C(=O)O)C2)cc1. The Bertz CT molecular complexity index is 835. The zero-order valence-corrected chi connectivity index (χ0v) is 16.2. The third kappa shape index (κ3) is 4.44. The molecule has 0 aromatic heterocycles. The van der Waals surface area contributed by atoms with E-state index in [0.29, 0.717) is 19.4 Å². The minimum atomic E-state index is -0.836. The number of piperidine rings is 1. The van der Waals surface area contributed by atoms with E-state index >= 15 is 0 Å². The van der Waals surface area contributed by atoms with Crippen molar-refractivity contribution in [2.45, 2.75) is 25.8 Å². The fourth-order valence-electron chi connectivity index (χ4n) is 3.56. The van der Waals surface area contributed by atoms with Crippen LogP contribution in [0.4, 0.5) is 4.79 Å². The van der Waals surface area contributed by atoms with Gasteiger partial charge in [-0.05, 0) is 37.0 Å². The molecule has 2 amide bonds. The van der Waals surface area contributed by atoms with Crippen LogP contribution in [-0.2, 0) is 4.79 Å². The number of nitrogens with zero attached hydrogens (tertiary/aromatic N) is 1. The molecule has 2 atom stereocenters. The molecule has 0 saturated carbocycles. The number of amides is 2. The summed E-state index contributed by atoms with van der Waals surface area (Å²) in [6.45, 7) is 2.78. The van der Waals surface area contributed by atoms with Crippen molar-refractivity contribution in [1.29, 1.82) is 0 Å². The molecule has 3 rings (SSSR count). The van der Waals surface area contributed by atoms with Crippen LogP contribution in [0, 0.1) is 5.92 Å². The molecule has 1 heterocycles. The number of hydrogen-bond acceptors (Lipinski definition) is 3. The van der Waals surface area contributed by atoms with E-state index in [0.717, 1.165) is 22.4 Å². The van der Waals surface area contributed by atoms with Crippen LogP contribution in [0.2, 0.25) is 0 Å². The molecule has 28 heavy (non-hydrogen) atoms. The third-order valence-electron chi connectivity index (χ3n) is 5.23. The number of aliphatic carboxylic acids is 1. The highest BCUT2D eigenvalue weighted by atomic mass is 16.5. The predicted molar refractivity (Wildman–Crippen MR) is 107 cm³/mol. The van der Waals surface area contributed by atoms with Crippen LogP contribution in [0.25, 0.3) is 11.1 Å². The number of benzene rings is 2. The molecule has 2 aromatic rings. The first kappa shape index (κ1) is 19.7. The van der Waals surface area contributed by atoms with Gasteiger partial charge in [-0.1, -0.05) is 42.5 Å². The number of carboxylic acid groups (broad SMARTS) is 1. The minimum absolute atomic E-state index is 0.176. The van der Waals surface area contributed by atoms with Crippen molar-refractivity contribution in [2.75, 3.05) is 20.2 Å². The van der Waals surface area contributed by atoms with Crippen molar-refractivity contribution in [2.24, 2.45) is 5.92 Å². The van der Waals surface area contributed by atoms with Crippen LogP contribution in [0.1, 0.15) is 31.4 Å². The maximum atomic E-state index is 12.5. The van der Waals surface area contributed by atoms with Gasteiger partial charge in [-0.25, -0.2) is 4.79 Å². The maximum absolute atomic E-state index is 12.5. The lowest BCUT2D eigenvalue weighted by atomic mass is 9.98. The summed E-state index contributed by atoms with van der Waals surface area (Å²) < 4.78 is 5.42. The predicted octanol–water partition coefficient (Wildman–Crippen LogP) is 3.93. The summed E-state index contributed by atoms with van der Waals surface area (Å²) in [4.78, 5) is 25.3. The van der Waals surface area contributed by atoms with Gasteiger partial charge in [0.05, 0.1) is 19.1 Å². The lowest BCUT2D eigenvalue weighted by Gasteiger charge is -2.31. The van der Waals surface area contributed by atoms with Crippen LogP contribution < -0.4 is 10.1 Å². The van der Waals surface area contributed by atoms with Gasteiger partial charge in [-0.15, -0.1) is 0 Å². The van der Waals surface area contributed by atoms with E-state index in [2.05, 4.69) is 5.32 Å². The van der Waals surface area contributed by atoms with Gasteiger partial charge in [0.15, 0.2) is 0 Å². The Balaban J connectivity index is 1.65. The number of carbonyl (C=O) groups is 2. The number of urea groups is 1. The standard InChI is InChI=1S/C22H26N2O4/c1-15(23-22(27)24-13-5-6-18(14-24)21(25)26)16-9-11-17(12-10-16)19-7-3-4-8-20(19)28-2/h3-4,7-12,15,18H,5-6,13-14H2,1-2H3,(H,23,27)(H,25,26). The Morgan fingerprint density at radius 3 is 2.57 bits per heavy atom. The fraction of sp³-hybridized carbons (Fsp3) is 0.364. The largest absolute Gasteiger partial charge is 0.496 e. The molecule has 148 valence electrons. The van der Waals surface area contributed by atoms with E-state index in [1.54, 1.807) is 12.0 Å². The van der Waals surface area contributed by atoms with Crippen LogP contribution >= 0.6 is 0 Å². The Morgan fingerprint density at radius 2 is 1.89 bits per heavy atom. The zero-order valence-electron chi connectivity index (χ0n) is 16.2. The number of carbonyl (C=O) groups excluding carboxylic acids is 1. The fourth-order valence-corrected chi connectivity index (χ4v) is 3.56.